The highest BCUT2D eigenvalue weighted by Crippen LogP contribution is 2.39. The van der Waals surface area contributed by atoms with Gasteiger partial charge in [-0.05, 0) is 36.8 Å². The highest BCUT2D eigenvalue weighted by Gasteiger charge is 2.19. The van der Waals surface area contributed by atoms with E-state index >= 15 is 0 Å². The summed E-state index contributed by atoms with van der Waals surface area (Å²) >= 11 is 0.749. The zero-order valence-corrected chi connectivity index (χ0v) is 19.3. The molecule has 1 N–H and O–H groups in total. The predicted octanol–water partition coefficient (Wildman–Crippen LogP) is 6.60. The van der Waals surface area contributed by atoms with Crippen molar-refractivity contribution in [3.63, 3.8) is 0 Å². The average molecular weight is 437 g/mol. The molecular weight excluding hydrogens is 408 g/mol. The molecule has 9 nitrogen and oxygen atoms in total. The van der Waals surface area contributed by atoms with E-state index < -0.39 is 4.92 Å². The molecule has 1 amide bonds. The first-order valence-electron chi connectivity index (χ1n) is 9.40. The van der Waals surface area contributed by atoms with Crippen molar-refractivity contribution in [2.24, 2.45) is 10.2 Å². The first kappa shape index (κ1) is 26.9. The third-order valence-corrected chi connectivity index (χ3v) is 4.30. The van der Waals surface area contributed by atoms with Gasteiger partial charge in [-0.3, -0.25) is 19.7 Å². The highest BCUT2D eigenvalue weighted by molar-refractivity contribution is 7.19. The van der Waals surface area contributed by atoms with Crippen LogP contribution in [0.25, 0.3) is 0 Å². The fourth-order valence-electron chi connectivity index (χ4n) is 2.15. The summed E-state index contributed by atoms with van der Waals surface area (Å²) in [5.74, 6) is -0.105. The summed E-state index contributed by atoms with van der Waals surface area (Å²) in [4.78, 5) is 33.4. The van der Waals surface area contributed by atoms with Crippen molar-refractivity contribution < 1.29 is 19.2 Å². The summed E-state index contributed by atoms with van der Waals surface area (Å²) in [6.07, 6.45) is 0. The van der Waals surface area contributed by atoms with Crippen molar-refractivity contribution in [1.82, 2.24) is 0 Å². The van der Waals surface area contributed by atoms with Crippen LogP contribution in [0.1, 0.15) is 57.5 Å². The van der Waals surface area contributed by atoms with Gasteiger partial charge in [0.1, 0.15) is 11.4 Å². The number of nitrogens with one attached hydrogen (secondary N) is 1. The van der Waals surface area contributed by atoms with Crippen molar-refractivity contribution in [3.05, 3.63) is 39.4 Å². The minimum Gasteiger partial charge on any atom is -0.496 e. The molecule has 0 fully saturated rings. The van der Waals surface area contributed by atoms with Crippen molar-refractivity contribution in [2.45, 2.75) is 48.5 Å². The standard InChI is InChI=1S/C16H16N4O5S.2C2H6/c1-8-5-12(17-10(3)22)13(7-14(8)25-4)18-19-16-11(9(2)21)6-15(26-16)20(23)24;2*1-2/h5-7H,1-4H3,(H,17,22);2*1-2H3. The molecule has 0 aliphatic carbocycles. The van der Waals surface area contributed by atoms with Crippen molar-refractivity contribution >= 4 is 44.4 Å². The lowest BCUT2D eigenvalue weighted by Gasteiger charge is -2.10. The molecule has 30 heavy (non-hydrogen) atoms. The fourth-order valence-corrected chi connectivity index (χ4v) is 3.00. The number of hydrogen-bond acceptors (Lipinski definition) is 8. The van der Waals surface area contributed by atoms with Gasteiger partial charge in [0.15, 0.2) is 10.8 Å². The molecule has 2 aromatic rings. The number of anilines is 1. The van der Waals surface area contributed by atoms with Crippen molar-refractivity contribution in [2.75, 3.05) is 12.4 Å². The van der Waals surface area contributed by atoms with E-state index in [2.05, 4.69) is 15.5 Å². The summed E-state index contributed by atoms with van der Waals surface area (Å²) in [6.45, 7) is 12.5. The molecule has 1 aromatic carbocycles. The second kappa shape index (κ2) is 13.2. The molecule has 0 saturated carbocycles. The zero-order valence-electron chi connectivity index (χ0n) is 18.5. The number of benzene rings is 1. The van der Waals surface area contributed by atoms with Gasteiger partial charge in [0.05, 0.1) is 23.3 Å². The van der Waals surface area contributed by atoms with Gasteiger partial charge in [-0.25, -0.2) is 0 Å². The van der Waals surface area contributed by atoms with Gasteiger partial charge in [0.25, 0.3) is 0 Å². The Bertz CT molecular complexity index is 922. The van der Waals surface area contributed by atoms with Crippen LogP contribution in [0.5, 0.6) is 5.75 Å². The van der Waals surface area contributed by atoms with Crippen LogP contribution in [-0.2, 0) is 4.79 Å². The molecule has 0 unspecified atom stereocenters. The number of rotatable bonds is 6. The smallest absolute Gasteiger partial charge is 0.326 e. The van der Waals surface area contributed by atoms with E-state index in [0.717, 1.165) is 16.9 Å². The first-order valence-corrected chi connectivity index (χ1v) is 10.2. The van der Waals surface area contributed by atoms with Crippen LogP contribution in [0.15, 0.2) is 28.4 Å². The van der Waals surface area contributed by atoms with Crippen LogP contribution >= 0.6 is 11.3 Å². The Morgan fingerprint density at radius 2 is 1.70 bits per heavy atom. The Labute approximate surface area is 180 Å². The maximum Gasteiger partial charge on any atom is 0.326 e. The number of Topliss-reactive ketones (excluding diaryl/α,β-unsaturated/α-hetero) is 1. The van der Waals surface area contributed by atoms with E-state index in [1.54, 1.807) is 12.1 Å². The minimum absolute atomic E-state index is 0.116. The van der Waals surface area contributed by atoms with Gasteiger partial charge >= 0.3 is 5.00 Å². The Kier molecular flexibility index (Phi) is 11.8. The van der Waals surface area contributed by atoms with E-state index in [4.69, 9.17) is 4.74 Å². The Hall–Kier alpha value is -3.14. The number of amides is 1. The zero-order chi connectivity index (χ0) is 23.4. The normalized spacial score (nSPS) is 9.73. The first-order chi connectivity index (χ1) is 14.2. The maximum absolute atomic E-state index is 11.7. The van der Waals surface area contributed by atoms with E-state index in [-0.39, 0.29) is 27.3 Å². The molecule has 1 aromatic heterocycles. The summed E-state index contributed by atoms with van der Waals surface area (Å²) in [5.41, 5.74) is 1.61. The van der Waals surface area contributed by atoms with Gasteiger partial charge in [0, 0.05) is 19.1 Å². The number of thiophene rings is 1. The maximum atomic E-state index is 11.7. The number of aryl methyl sites for hydroxylation is 1. The number of nitrogens with zero attached hydrogens (tertiary/aromatic N) is 3. The van der Waals surface area contributed by atoms with Crippen LogP contribution in [0, 0.1) is 17.0 Å². The number of azo groups is 1. The highest BCUT2D eigenvalue weighted by atomic mass is 32.1. The number of methoxy groups -OCH3 is 1. The molecule has 0 saturated heterocycles. The van der Waals surface area contributed by atoms with Crippen LogP contribution in [0.3, 0.4) is 0 Å². The lowest BCUT2D eigenvalue weighted by Crippen LogP contribution is -2.06. The third-order valence-electron chi connectivity index (χ3n) is 3.33. The number of hydrogen-bond donors (Lipinski definition) is 1. The van der Waals surface area contributed by atoms with Crippen molar-refractivity contribution in [3.8, 4) is 5.75 Å². The molecule has 164 valence electrons. The van der Waals surface area contributed by atoms with Crippen LogP contribution in [0.4, 0.5) is 21.4 Å². The van der Waals surface area contributed by atoms with Crippen LogP contribution in [-0.4, -0.2) is 23.7 Å². The van der Waals surface area contributed by atoms with E-state index in [9.17, 15) is 19.7 Å². The summed E-state index contributed by atoms with van der Waals surface area (Å²) < 4.78 is 5.24. The third kappa shape index (κ3) is 7.36. The van der Waals surface area contributed by atoms with Gasteiger partial charge in [-0.1, -0.05) is 27.7 Å². The van der Waals surface area contributed by atoms with Gasteiger partial charge in [0.2, 0.25) is 5.91 Å². The molecule has 0 atom stereocenters. The molecule has 2 rings (SSSR count). The lowest BCUT2D eigenvalue weighted by molar-refractivity contribution is -0.380. The minimum atomic E-state index is -0.590. The number of carbonyl (C=O) groups excluding carboxylic acids is 2. The molecule has 10 heteroatoms. The van der Waals surface area contributed by atoms with E-state index in [1.807, 2.05) is 34.6 Å². The Balaban J connectivity index is 0.00000198. The predicted molar refractivity (Wildman–Crippen MR) is 120 cm³/mol. The lowest BCUT2D eigenvalue weighted by atomic mass is 10.1. The number of nitro groups is 1. The molecule has 0 aliphatic heterocycles. The van der Waals surface area contributed by atoms with Gasteiger partial charge in [-0.15, -0.1) is 10.2 Å². The van der Waals surface area contributed by atoms with Crippen LogP contribution in [0.2, 0.25) is 0 Å². The largest absolute Gasteiger partial charge is 0.496 e. The summed E-state index contributed by atoms with van der Waals surface area (Å²) in [7, 11) is 1.50. The number of ether oxygens (including phenoxy) is 1. The molecule has 0 spiro atoms. The second-order valence-electron chi connectivity index (χ2n) is 5.34. The quantitative estimate of drug-likeness (QED) is 0.236. The van der Waals surface area contributed by atoms with E-state index in [1.165, 1.54) is 27.0 Å². The average Bonchev–Trinajstić information content (AvgIpc) is 3.15. The summed E-state index contributed by atoms with van der Waals surface area (Å²) in [5, 5.41) is 21.5. The molecular formula is C20H28N4O5S. The fraction of sp³-hybridized carbons (Fsp3) is 0.400. The van der Waals surface area contributed by atoms with Gasteiger partial charge in [-0.2, -0.15) is 0 Å². The number of ketones is 1. The monoisotopic (exact) mass is 436 g/mol. The van der Waals surface area contributed by atoms with Crippen molar-refractivity contribution in [1.29, 1.82) is 0 Å². The molecule has 0 bridgehead atoms. The molecule has 1 heterocycles. The molecule has 0 aliphatic rings. The molecule has 0 radical (unpaired) electrons. The second-order valence-corrected chi connectivity index (χ2v) is 6.35. The van der Waals surface area contributed by atoms with Gasteiger partial charge < -0.3 is 10.1 Å². The number of carbonyl (C=O) groups is 2. The van der Waals surface area contributed by atoms with E-state index in [0.29, 0.717) is 17.1 Å². The summed E-state index contributed by atoms with van der Waals surface area (Å²) in [6, 6.07) is 4.43. The SMILES string of the molecule is CC.CC.COc1cc(N=Nc2sc([N+](=O)[O-])cc2C(C)=O)c(NC(C)=O)cc1C. The topological polar surface area (TPSA) is 123 Å². The Morgan fingerprint density at radius 3 is 2.17 bits per heavy atom. The Morgan fingerprint density at radius 1 is 1.10 bits per heavy atom. The van der Waals surface area contributed by atoms with Crippen LogP contribution < -0.4 is 10.1 Å².